The summed E-state index contributed by atoms with van der Waals surface area (Å²) in [5.74, 6) is 0.587. The number of carbonyl (C=O) groups excluding carboxylic acids is 2. The van der Waals surface area contributed by atoms with Gasteiger partial charge in [-0.3, -0.25) is 14.6 Å². The number of aromatic nitrogens is 1. The van der Waals surface area contributed by atoms with E-state index in [1.54, 1.807) is 18.2 Å². The van der Waals surface area contributed by atoms with E-state index < -0.39 is 0 Å². The van der Waals surface area contributed by atoms with Gasteiger partial charge in [0, 0.05) is 54.6 Å². The summed E-state index contributed by atoms with van der Waals surface area (Å²) in [6.45, 7) is 4.72. The number of nitrogens with one attached hydrogen (secondary N) is 2. The SMILES string of the molecule is CN1CCN(c2ccc(C(=O)NC3=NCc4ccc(C(=O)NCc5ccno5)cc43)cc2)CC1. The molecular weight excluding hydrogens is 432 g/mol. The van der Waals surface area contributed by atoms with Gasteiger partial charge in [-0.25, -0.2) is 0 Å². The van der Waals surface area contributed by atoms with Gasteiger partial charge < -0.3 is 25.0 Å². The standard InChI is InChI=1S/C25H26N6O3/c1-30-10-12-31(13-11-30)20-6-4-17(5-7-20)25(33)29-23-22-14-18(2-3-19(22)15-26-23)24(32)27-16-21-8-9-28-34-21/h2-9,14H,10-13,15-16H2,1H3,(H,27,32)(H,26,29,33). The third-order valence-electron chi connectivity index (χ3n) is 6.18. The van der Waals surface area contributed by atoms with Crippen molar-refractivity contribution in [3.63, 3.8) is 0 Å². The van der Waals surface area contributed by atoms with E-state index in [0.29, 0.717) is 29.3 Å². The zero-order valence-corrected chi connectivity index (χ0v) is 19.0. The van der Waals surface area contributed by atoms with Crippen LogP contribution in [0.3, 0.4) is 0 Å². The molecule has 2 aromatic carbocycles. The molecule has 3 heterocycles. The molecule has 1 fully saturated rings. The number of benzene rings is 2. The maximum absolute atomic E-state index is 12.9. The normalized spacial score (nSPS) is 15.6. The molecule has 34 heavy (non-hydrogen) atoms. The van der Waals surface area contributed by atoms with Crippen LogP contribution in [0.15, 0.2) is 64.2 Å². The van der Waals surface area contributed by atoms with Gasteiger partial charge >= 0.3 is 0 Å². The highest BCUT2D eigenvalue weighted by atomic mass is 16.5. The number of hydrogen-bond acceptors (Lipinski definition) is 7. The number of hydrogen-bond donors (Lipinski definition) is 2. The topological polar surface area (TPSA) is 103 Å². The van der Waals surface area contributed by atoms with Crippen LogP contribution in [0, 0.1) is 0 Å². The fourth-order valence-corrected chi connectivity index (χ4v) is 4.10. The van der Waals surface area contributed by atoms with E-state index >= 15 is 0 Å². The minimum atomic E-state index is -0.240. The van der Waals surface area contributed by atoms with Crippen molar-refractivity contribution in [2.45, 2.75) is 13.1 Å². The van der Waals surface area contributed by atoms with Gasteiger partial charge in [-0.05, 0) is 49.0 Å². The molecule has 2 N–H and O–H groups in total. The molecule has 0 unspecified atom stereocenters. The number of amides is 2. The fraction of sp³-hybridized carbons (Fsp3) is 0.280. The van der Waals surface area contributed by atoms with E-state index in [0.717, 1.165) is 43.0 Å². The van der Waals surface area contributed by atoms with Gasteiger partial charge in [0.2, 0.25) is 0 Å². The molecule has 0 atom stereocenters. The Labute approximate surface area is 197 Å². The first-order chi connectivity index (χ1) is 16.6. The summed E-state index contributed by atoms with van der Waals surface area (Å²) >= 11 is 0. The molecule has 5 rings (SSSR count). The summed E-state index contributed by atoms with van der Waals surface area (Å²) < 4.78 is 5.01. The predicted molar refractivity (Wildman–Crippen MR) is 128 cm³/mol. The molecule has 0 aliphatic carbocycles. The molecule has 174 valence electrons. The smallest absolute Gasteiger partial charge is 0.256 e. The van der Waals surface area contributed by atoms with Gasteiger partial charge in [0.1, 0.15) is 5.84 Å². The number of anilines is 1. The van der Waals surface area contributed by atoms with Crippen LogP contribution in [0.4, 0.5) is 5.69 Å². The lowest BCUT2D eigenvalue weighted by Crippen LogP contribution is -2.44. The lowest BCUT2D eigenvalue weighted by Gasteiger charge is -2.34. The van der Waals surface area contributed by atoms with Crippen LogP contribution >= 0.6 is 0 Å². The summed E-state index contributed by atoms with van der Waals surface area (Å²) in [4.78, 5) is 34.6. The Kier molecular flexibility index (Phi) is 6.09. The number of piperazine rings is 1. The number of likely N-dealkylation sites (N-methyl/N-ethyl adjacent to an activating group) is 1. The van der Waals surface area contributed by atoms with Crippen molar-refractivity contribution in [3.8, 4) is 0 Å². The summed E-state index contributed by atoms with van der Waals surface area (Å²) in [5.41, 5.74) is 3.89. The summed E-state index contributed by atoms with van der Waals surface area (Å²) in [6, 6.07) is 14.7. The molecule has 0 spiro atoms. The average Bonchev–Trinajstić information content (AvgIpc) is 3.53. The lowest BCUT2D eigenvalue weighted by molar-refractivity contribution is 0.0945. The Morgan fingerprint density at radius 3 is 2.47 bits per heavy atom. The highest BCUT2D eigenvalue weighted by Gasteiger charge is 2.21. The highest BCUT2D eigenvalue weighted by Crippen LogP contribution is 2.21. The zero-order chi connectivity index (χ0) is 23.5. The van der Waals surface area contributed by atoms with Crippen LogP contribution in [0.2, 0.25) is 0 Å². The third-order valence-corrected chi connectivity index (χ3v) is 6.18. The van der Waals surface area contributed by atoms with Crippen molar-refractivity contribution >= 4 is 23.3 Å². The van der Waals surface area contributed by atoms with Crippen LogP contribution in [0.5, 0.6) is 0 Å². The van der Waals surface area contributed by atoms with E-state index in [9.17, 15) is 9.59 Å². The zero-order valence-electron chi connectivity index (χ0n) is 19.0. The Morgan fingerprint density at radius 2 is 1.74 bits per heavy atom. The van der Waals surface area contributed by atoms with Crippen molar-refractivity contribution in [3.05, 3.63) is 82.7 Å². The summed E-state index contributed by atoms with van der Waals surface area (Å²) in [6.07, 6.45) is 1.53. The lowest BCUT2D eigenvalue weighted by atomic mass is 10.0. The summed E-state index contributed by atoms with van der Waals surface area (Å²) in [7, 11) is 2.13. The molecule has 1 aromatic heterocycles. The molecular formula is C25H26N6O3. The van der Waals surface area contributed by atoms with Gasteiger partial charge in [0.25, 0.3) is 11.8 Å². The van der Waals surface area contributed by atoms with Gasteiger partial charge in [0.05, 0.1) is 19.3 Å². The number of aliphatic imine (C=N–C) groups is 1. The number of fused-ring (bicyclic) bond motifs is 1. The first kappa shape index (κ1) is 21.8. The Hall–Kier alpha value is -3.98. The van der Waals surface area contributed by atoms with Crippen LogP contribution in [-0.4, -0.2) is 60.9 Å². The molecule has 1 saturated heterocycles. The van der Waals surface area contributed by atoms with Crippen LogP contribution in [-0.2, 0) is 13.1 Å². The Morgan fingerprint density at radius 1 is 0.971 bits per heavy atom. The molecule has 0 radical (unpaired) electrons. The van der Waals surface area contributed by atoms with Crippen molar-refractivity contribution in [1.82, 2.24) is 20.7 Å². The van der Waals surface area contributed by atoms with E-state index in [-0.39, 0.29) is 18.4 Å². The summed E-state index contributed by atoms with van der Waals surface area (Å²) in [5, 5.41) is 9.34. The van der Waals surface area contributed by atoms with E-state index in [1.807, 2.05) is 30.3 Å². The van der Waals surface area contributed by atoms with E-state index in [2.05, 4.69) is 37.6 Å². The number of amidine groups is 1. The van der Waals surface area contributed by atoms with Crippen molar-refractivity contribution in [1.29, 1.82) is 0 Å². The van der Waals surface area contributed by atoms with Gasteiger partial charge in [-0.15, -0.1) is 0 Å². The first-order valence-corrected chi connectivity index (χ1v) is 11.3. The minimum absolute atomic E-state index is 0.225. The molecule has 3 aromatic rings. The molecule has 0 bridgehead atoms. The second kappa shape index (κ2) is 9.48. The van der Waals surface area contributed by atoms with Crippen molar-refractivity contribution in [2.75, 3.05) is 38.1 Å². The van der Waals surface area contributed by atoms with Gasteiger partial charge in [0.15, 0.2) is 5.76 Å². The second-order valence-corrected chi connectivity index (χ2v) is 8.49. The monoisotopic (exact) mass is 458 g/mol. The molecule has 0 saturated carbocycles. The Balaban J connectivity index is 1.23. The number of carbonyl (C=O) groups is 2. The third kappa shape index (κ3) is 4.69. The Bertz CT molecular complexity index is 1210. The second-order valence-electron chi connectivity index (χ2n) is 8.49. The quantitative estimate of drug-likeness (QED) is 0.607. The van der Waals surface area contributed by atoms with Gasteiger partial charge in [-0.2, -0.15) is 0 Å². The van der Waals surface area contributed by atoms with Crippen molar-refractivity contribution in [2.24, 2.45) is 4.99 Å². The van der Waals surface area contributed by atoms with Crippen LogP contribution in [0.1, 0.15) is 37.6 Å². The van der Waals surface area contributed by atoms with Crippen LogP contribution in [0.25, 0.3) is 0 Å². The average molecular weight is 459 g/mol. The predicted octanol–water partition coefficient (Wildman–Crippen LogP) is 2.05. The van der Waals surface area contributed by atoms with Gasteiger partial charge in [-0.1, -0.05) is 11.2 Å². The molecule has 2 aliphatic heterocycles. The highest BCUT2D eigenvalue weighted by molar-refractivity contribution is 6.15. The van der Waals surface area contributed by atoms with Crippen molar-refractivity contribution < 1.29 is 14.1 Å². The molecule has 2 amide bonds. The van der Waals surface area contributed by atoms with Crippen LogP contribution < -0.4 is 15.5 Å². The largest absolute Gasteiger partial charge is 0.369 e. The fourth-order valence-electron chi connectivity index (χ4n) is 4.10. The number of nitrogens with zero attached hydrogens (tertiary/aromatic N) is 4. The first-order valence-electron chi connectivity index (χ1n) is 11.3. The maximum Gasteiger partial charge on any atom is 0.256 e. The number of rotatable bonds is 5. The van der Waals surface area contributed by atoms with E-state index in [4.69, 9.17) is 4.52 Å². The molecule has 9 heteroatoms. The molecule has 2 aliphatic rings. The maximum atomic E-state index is 12.9. The molecule has 9 nitrogen and oxygen atoms in total. The minimum Gasteiger partial charge on any atom is -0.369 e. The van der Waals surface area contributed by atoms with E-state index in [1.165, 1.54) is 6.20 Å².